The molecular formula is C21H21F3O2S. The zero-order valence-corrected chi connectivity index (χ0v) is 16.3. The number of methoxy groups -OCH3 is 1. The number of hydrogen-bond donors (Lipinski definition) is 0. The average molecular weight is 394 g/mol. The molecule has 0 N–H and O–H groups in total. The quantitative estimate of drug-likeness (QED) is 0.439. The van der Waals surface area contributed by atoms with Crippen molar-refractivity contribution in [3.05, 3.63) is 69.7 Å². The first kappa shape index (κ1) is 19.5. The Morgan fingerprint density at radius 2 is 1.89 bits per heavy atom. The number of alkyl halides is 3. The van der Waals surface area contributed by atoms with Crippen LogP contribution in [0.5, 0.6) is 0 Å². The molecule has 0 fully saturated rings. The molecule has 0 unspecified atom stereocenters. The minimum atomic E-state index is -4.45. The maximum atomic E-state index is 12.8. The van der Waals surface area contributed by atoms with Gasteiger partial charge in [0.1, 0.15) is 5.76 Å². The average Bonchev–Trinajstić information content (AvgIpc) is 3.16. The van der Waals surface area contributed by atoms with Crippen LogP contribution in [0.4, 0.5) is 13.2 Å². The van der Waals surface area contributed by atoms with Gasteiger partial charge >= 0.3 is 6.18 Å². The topological polar surface area (TPSA) is 22.4 Å². The highest BCUT2D eigenvalue weighted by molar-refractivity contribution is 7.17. The Balaban J connectivity index is 1.81. The molecule has 0 saturated heterocycles. The van der Waals surface area contributed by atoms with E-state index in [0.717, 1.165) is 17.2 Å². The molecule has 2 heterocycles. The molecule has 0 radical (unpaired) electrons. The van der Waals surface area contributed by atoms with E-state index in [2.05, 4.69) is 31.0 Å². The van der Waals surface area contributed by atoms with Crippen LogP contribution in [0.15, 0.2) is 40.3 Å². The van der Waals surface area contributed by atoms with E-state index in [1.165, 1.54) is 15.6 Å². The lowest BCUT2D eigenvalue weighted by molar-refractivity contribution is -0.153. The molecule has 27 heavy (non-hydrogen) atoms. The lowest BCUT2D eigenvalue weighted by Gasteiger charge is -2.08. The van der Waals surface area contributed by atoms with Gasteiger partial charge in [-0.05, 0) is 71.8 Å². The van der Waals surface area contributed by atoms with Crippen LogP contribution in [0.2, 0.25) is 0 Å². The summed E-state index contributed by atoms with van der Waals surface area (Å²) in [6, 6.07) is 5.33. The first-order chi connectivity index (χ1) is 12.7. The van der Waals surface area contributed by atoms with E-state index >= 15 is 0 Å². The molecular weight excluding hydrogens is 373 g/mol. The van der Waals surface area contributed by atoms with Crippen LogP contribution in [0.1, 0.15) is 33.8 Å². The number of rotatable bonds is 6. The van der Waals surface area contributed by atoms with Crippen molar-refractivity contribution in [2.75, 3.05) is 7.11 Å². The van der Waals surface area contributed by atoms with E-state index in [9.17, 15) is 13.2 Å². The summed E-state index contributed by atoms with van der Waals surface area (Å²) >= 11 is 1.66. The molecule has 0 bridgehead atoms. The summed E-state index contributed by atoms with van der Waals surface area (Å²) in [5.74, 6) is 0.119. The summed E-state index contributed by atoms with van der Waals surface area (Å²) in [6.07, 6.45) is -2.61. The number of fused-ring (bicyclic) bond motifs is 1. The van der Waals surface area contributed by atoms with Crippen LogP contribution < -0.4 is 0 Å². The molecule has 0 aliphatic rings. The molecule has 6 heteroatoms. The molecule has 2 aromatic heterocycles. The standard InChI is InChI=1S/C21H21F3O2S/c1-12-7-15(5-6-16-10-19(21(22,23)24)26-14(16)3)9-18-20(12)17(11-27-18)8-13(2)25-4/h7,9-11H,2,5-6,8H2,1,3-4H3. The number of aryl methyl sites for hydroxylation is 4. The molecule has 0 amide bonds. The van der Waals surface area contributed by atoms with E-state index in [1.54, 1.807) is 25.4 Å². The van der Waals surface area contributed by atoms with Crippen molar-refractivity contribution in [2.45, 2.75) is 39.3 Å². The largest absolute Gasteiger partial charge is 0.501 e. The van der Waals surface area contributed by atoms with E-state index in [1.807, 2.05) is 0 Å². The second kappa shape index (κ2) is 7.43. The number of thiophene rings is 1. The van der Waals surface area contributed by atoms with Gasteiger partial charge in [-0.25, -0.2) is 0 Å². The van der Waals surface area contributed by atoms with Crippen molar-refractivity contribution in [1.29, 1.82) is 0 Å². The van der Waals surface area contributed by atoms with Crippen LogP contribution in [-0.4, -0.2) is 7.11 Å². The molecule has 1 aromatic carbocycles. The first-order valence-electron chi connectivity index (χ1n) is 8.57. The van der Waals surface area contributed by atoms with Gasteiger partial charge in [0.05, 0.1) is 12.9 Å². The second-order valence-corrected chi connectivity index (χ2v) is 7.57. The fourth-order valence-electron chi connectivity index (χ4n) is 3.27. The summed E-state index contributed by atoms with van der Waals surface area (Å²) in [7, 11) is 1.61. The molecule has 0 atom stereocenters. The minimum absolute atomic E-state index is 0.330. The Morgan fingerprint density at radius 3 is 2.52 bits per heavy atom. The fourth-order valence-corrected chi connectivity index (χ4v) is 4.37. The van der Waals surface area contributed by atoms with Crippen molar-refractivity contribution in [3.63, 3.8) is 0 Å². The maximum Gasteiger partial charge on any atom is 0.449 e. The third-order valence-electron chi connectivity index (χ3n) is 4.67. The van der Waals surface area contributed by atoms with Crippen LogP contribution >= 0.6 is 11.3 Å². The van der Waals surface area contributed by atoms with E-state index < -0.39 is 11.9 Å². The van der Waals surface area contributed by atoms with Gasteiger partial charge in [0, 0.05) is 11.1 Å². The highest BCUT2D eigenvalue weighted by Gasteiger charge is 2.35. The van der Waals surface area contributed by atoms with Gasteiger partial charge in [0.25, 0.3) is 0 Å². The van der Waals surface area contributed by atoms with Crippen molar-refractivity contribution < 1.29 is 22.3 Å². The number of furan rings is 1. The van der Waals surface area contributed by atoms with E-state index in [4.69, 9.17) is 9.15 Å². The van der Waals surface area contributed by atoms with Crippen molar-refractivity contribution in [3.8, 4) is 0 Å². The number of ether oxygens (including phenoxy) is 1. The lowest BCUT2D eigenvalue weighted by Crippen LogP contribution is -2.02. The van der Waals surface area contributed by atoms with Gasteiger partial charge in [-0.3, -0.25) is 0 Å². The molecule has 144 valence electrons. The molecule has 2 nitrogen and oxygen atoms in total. The van der Waals surface area contributed by atoms with Crippen LogP contribution in [0.3, 0.4) is 0 Å². The summed E-state index contributed by atoms with van der Waals surface area (Å²) in [5.41, 5.74) is 4.05. The zero-order valence-electron chi connectivity index (χ0n) is 15.5. The fraction of sp³-hybridized carbons (Fsp3) is 0.333. The van der Waals surface area contributed by atoms with E-state index in [0.29, 0.717) is 36.3 Å². The predicted octanol–water partition coefficient (Wildman–Crippen LogP) is 6.62. The lowest BCUT2D eigenvalue weighted by atomic mass is 9.98. The Hall–Kier alpha value is -2.21. The summed E-state index contributed by atoms with van der Waals surface area (Å²) in [4.78, 5) is 0. The van der Waals surface area contributed by atoms with E-state index in [-0.39, 0.29) is 0 Å². The van der Waals surface area contributed by atoms with Gasteiger partial charge in [-0.1, -0.05) is 12.6 Å². The van der Waals surface area contributed by atoms with Gasteiger partial charge in [0.15, 0.2) is 0 Å². The zero-order chi connectivity index (χ0) is 19.8. The highest BCUT2D eigenvalue weighted by atomic mass is 32.1. The van der Waals surface area contributed by atoms with Gasteiger partial charge < -0.3 is 9.15 Å². The molecule has 0 aliphatic heterocycles. The van der Waals surface area contributed by atoms with Crippen molar-refractivity contribution in [1.82, 2.24) is 0 Å². The Bertz CT molecular complexity index is 979. The summed E-state index contributed by atoms with van der Waals surface area (Å²) < 4.78 is 49.6. The second-order valence-electron chi connectivity index (χ2n) is 6.66. The van der Waals surface area contributed by atoms with Gasteiger partial charge in [-0.15, -0.1) is 11.3 Å². The number of allylic oxidation sites excluding steroid dienone is 1. The van der Waals surface area contributed by atoms with Crippen LogP contribution in [0.25, 0.3) is 10.1 Å². The molecule has 0 aliphatic carbocycles. The first-order valence-corrected chi connectivity index (χ1v) is 9.45. The van der Waals surface area contributed by atoms with Crippen molar-refractivity contribution >= 4 is 21.4 Å². The Morgan fingerprint density at radius 1 is 1.15 bits per heavy atom. The Kier molecular flexibility index (Phi) is 5.38. The number of hydrogen-bond acceptors (Lipinski definition) is 3. The SMILES string of the molecule is C=C(Cc1csc2cc(CCc3cc(C(F)(F)F)oc3C)cc(C)c12)OC. The third-order valence-corrected chi connectivity index (χ3v) is 5.65. The number of benzene rings is 1. The van der Waals surface area contributed by atoms with Crippen molar-refractivity contribution in [2.24, 2.45) is 0 Å². The maximum absolute atomic E-state index is 12.8. The van der Waals surface area contributed by atoms with Crippen LogP contribution in [0, 0.1) is 13.8 Å². The smallest absolute Gasteiger partial charge is 0.449 e. The predicted molar refractivity (Wildman–Crippen MR) is 102 cm³/mol. The molecule has 0 spiro atoms. The molecule has 3 rings (SSSR count). The third kappa shape index (κ3) is 4.21. The van der Waals surface area contributed by atoms with Gasteiger partial charge in [0.2, 0.25) is 5.76 Å². The summed E-state index contributed by atoms with van der Waals surface area (Å²) in [6.45, 7) is 7.52. The molecule has 3 aromatic rings. The minimum Gasteiger partial charge on any atom is -0.501 e. The number of halogens is 3. The highest BCUT2D eigenvalue weighted by Crippen LogP contribution is 2.34. The normalized spacial score (nSPS) is 11.9. The summed E-state index contributed by atoms with van der Waals surface area (Å²) in [5, 5.41) is 3.32. The van der Waals surface area contributed by atoms with Gasteiger partial charge in [-0.2, -0.15) is 13.2 Å². The van der Waals surface area contributed by atoms with Crippen LogP contribution in [-0.2, 0) is 30.2 Å². The Labute approximate surface area is 160 Å². The monoisotopic (exact) mass is 394 g/mol. The molecule has 0 saturated carbocycles.